The monoisotopic (exact) mass is 261 g/mol. The molecular formula is C12H23NO3S. The number of esters is 1. The largest absolute Gasteiger partial charge is 0.598 e. The molecule has 0 bridgehead atoms. The van der Waals surface area contributed by atoms with Crippen molar-refractivity contribution in [3.8, 4) is 0 Å². The van der Waals surface area contributed by atoms with Crippen molar-refractivity contribution in [3.63, 3.8) is 0 Å². The third-order valence-corrected chi connectivity index (χ3v) is 4.75. The molecule has 0 heterocycles. The highest BCUT2D eigenvalue weighted by Crippen LogP contribution is 2.26. The van der Waals surface area contributed by atoms with Crippen LogP contribution in [0, 0.1) is 5.92 Å². The summed E-state index contributed by atoms with van der Waals surface area (Å²) in [6.45, 7) is 5.86. The smallest absolute Gasteiger partial charge is 0.308 e. The number of hydrogen-bond donors (Lipinski definition) is 1. The molecular weight excluding hydrogens is 238 g/mol. The van der Waals surface area contributed by atoms with Gasteiger partial charge in [0, 0.05) is 11.4 Å². The zero-order valence-corrected chi connectivity index (χ0v) is 11.9. The van der Waals surface area contributed by atoms with Gasteiger partial charge < -0.3 is 9.29 Å². The summed E-state index contributed by atoms with van der Waals surface area (Å²) < 4.78 is 19.6. The van der Waals surface area contributed by atoms with Crippen molar-refractivity contribution in [3.05, 3.63) is 0 Å². The summed E-state index contributed by atoms with van der Waals surface area (Å²) in [5.74, 6) is -0.0819. The van der Waals surface area contributed by atoms with E-state index in [9.17, 15) is 9.35 Å². The van der Waals surface area contributed by atoms with Crippen LogP contribution in [0.5, 0.6) is 0 Å². The molecule has 1 N–H and O–H groups in total. The minimum absolute atomic E-state index is 0.0288. The fourth-order valence-electron chi connectivity index (χ4n) is 1.94. The molecule has 0 radical (unpaired) electrons. The van der Waals surface area contributed by atoms with Crippen molar-refractivity contribution in [1.82, 2.24) is 4.72 Å². The summed E-state index contributed by atoms with van der Waals surface area (Å²) in [5, 5.41) is 0. The number of ether oxygens (including phenoxy) is 1. The second-order valence-electron chi connectivity index (χ2n) is 5.57. The maximum Gasteiger partial charge on any atom is 0.308 e. The Morgan fingerprint density at radius 1 is 1.29 bits per heavy atom. The summed E-state index contributed by atoms with van der Waals surface area (Å²) in [5.41, 5.74) is 0. The second-order valence-corrected chi connectivity index (χ2v) is 7.57. The molecule has 1 aliphatic carbocycles. The lowest BCUT2D eigenvalue weighted by atomic mass is 9.86. The van der Waals surface area contributed by atoms with Gasteiger partial charge in [-0.05, 0) is 46.5 Å². The molecule has 0 saturated heterocycles. The summed E-state index contributed by atoms with van der Waals surface area (Å²) in [7, 11) is 1.43. The molecule has 100 valence electrons. The second kappa shape index (κ2) is 6.07. The molecule has 0 aromatic rings. The molecule has 0 aromatic heterocycles. The molecule has 0 amide bonds. The Kier molecular flexibility index (Phi) is 5.28. The third-order valence-electron chi connectivity index (χ3n) is 3.09. The number of nitrogens with one attached hydrogen (secondary N) is 1. The van der Waals surface area contributed by atoms with Crippen molar-refractivity contribution in [1.29, 1.82) is 0 Å². The molecule has 17 heavy (non-hydrogen) atoms. The predicted octanol–water partition coefficient (Wildman–Crippen LogP) is 1.77. The van der Waals surface area contributed by atoms with Crippen LogP contribution < -0.4 is 4.72 Å². The van der Waals surface area contributed by atoms with E-state index in [-0.39, 0.29) is 22.7 Å². The fourth-order valence-corrected chi connectivity index (χ4v) is 2.83. The molecule has 5 heteroatoms. The first-order valence-corrected chi connectivity index (χ1v) is 7.25. The minimum atomic E-state index is -1.02. The Morgan fingerprint density at radius 3 is 2.24 bits per heavy atom. The van der Waals surface area contributed by atoms with E-state index >= 15 is 0 Å². The molecule has 1 rings (SSSR count). The van der Waals surface area contributed by atoms with Crippen molar-refractivity contribution >= 4 is 17.3 Å². The lowest BCUT2D eigenvalue weighted by Crippen LogP contribution is -2.46. The zero-order valence-electron chi connectivity index (χ0n) is 11.1. The zero-order chi connectivity index (χ0) is 13.1. The van der Waals surface area contributed by atoms with Gasteiger partial charge in [-0.3, -0.25) is 4.79 Å². The Balaban J connectivity index is 2.35. The number of carbonyl (C=O) groups is 1. The highest BCUT2D eigenvalue weighted by atomic mass is 32.2. The molecule has 0 aliphatic heterocycles. The molecule has 1 saturated carbocycles. The molecule has 1 unspecified atom stereocenters. The van der Waals surface area contributed by atoms with Gasteiger partial charge in [0.1, 0.15) is 4.75 Å². The lowest BCUT2D eigenvalue weighted by Gasteiger charge is -2.31. The van der Waals surface area contributed by atoms with Gasteiger partial charge in [-0.2, -0.15) is 0 Å². The lowest BCUT2D eigenvalue weighted by molar-refractivity contribution is -0.146. The first-order chi connectivity index (χ1) is 7.84. The van der Waals surface area contributed by atoms with Gasteiger partial charge in [0.2, 0.25) is 0 Å². The quantitative estimate of drug-likeness (QED) is 0.621. The highest BCUT2D eigenvalue weighted by Gasteiger charge is 2.33. The van der Waals surface area contributed by atoms with Crippen LogP contribution in [0.3, 0.4) is 0 Å². The molecule has 1 aliphatic rings. The highest BCUT2D eigenvalue weighted by molar-refractivity contribution is 7.90. The van der Waals surface area contributed by atoms with Crippen LogP contribution in [-0.4, -0.2) is 28.4 Å². The van der Waals surface area contributed by atoms with Crippen molar-refractivity contribution < 1.29 is 14.1 Å². The van der Waals surface area contributed by atoms with E-state index < -0.39 is 11.4 Å². The van der Waals surface area contributed by atoms with Crippen molar-refractivity contribution in [2.75, 3.05) is 7.11 Å². The first-order valence-electron chi connectivity index (χ1n) is 6.10. The van der Waals surface area contributed by atoms with E-state index in [4.69, 9.17) is 4.74 Å². The Labute approximate surface area is 107 Å². The van der Waals surface area contributed by atoms with Crippen LogP contribution in [0.1, 0.15) is 46.5 Å². The van der Waals surface area contributed by atoms with Gasteiger partial charge in [0.05, 0.1) is 19.1 Å². The van der Waals surface area contributed by atoms with Crippen LogP contribution in [0.4, 0.5) is 0 Å². The van der Waals surface area contributed by atoms with Crippen LogP contribution in [0.2, 0.25) is 0 Å². The van der Waals surface area contributed by atoms with Crippen LogP contribution in [0.25, 0.3) is 0 Å². The molecule has 0 spiro atoms. The predicted molar refractivity (Wildman–Crippen MR) is 68.8 cm³/mol. The van der Waals surface area contributed by atoms with Gasteiger partial charge in [-0.25, -0.2) is 0 Å². The van der Waals surface area contributed by atoms with Crippen LogP contribution in [-0.2, 0) is 20.9 Å². The van der Waals surface area contributed by atoms with Gasteiger partial charge in [-0.1, -0.05) is 0 Å². The van der Waals surface area contributed by atoms with Crippen molar-refractivity contribution in [2.45, 2.75) is 57.2 Å². The summed E-state index contributed by atoms with van der Waals surface area (Å²) >= 11 is -1.02. The standard InChI is InChI=1S/C12H23NO3S/c1-12(2,3)17(15)13-10-7-5-9(6-8-10)11(14)16-4/h9-10,13H,5-8H2,1-4H3/t9-,10+,17?. The topological polar surface area (TPSA) is 61.4 Å². The van der Waals surface area contributed by atoms with Crippen LogP contribution in [0.15, 0.2) is 0 Å². The summed E-state index contributed by atoms with van der Waals surface area (Å²) in [6.07, 6.45) is 3.43. The normalized spacial score (nSPS) is 27.6. The third kappa shape index (κ3) is 4.48. The Hall–Kier alpha value is -0.260. The molecule has 0 aromatic carbocycles. The van der Waals surface area contributed by atoms with E-state index in [0.29, 0.717) is 0 Å². The first kappa shape index (κ1) is 14.8. The van der Waals surface area contributed by atoms with E-state index in [2.05, 4.69) is 4.72 Å². The Bertz CT molecular complexity index is 257. The van der Waals surface area contributed by atoms with Crippen LogP contribution >= 0.6 is 0 Å². The number of rotatable bonds is 3. The van der Waals surface area contributed by atoms with Gasteiger partial charge in [0.25, 0.3) is 0 Å². The summed E-state index contributed by atoms with van der Waals surface area (Å²) in [6, 6.07) is 0.260. The van der Waals surface area contributed by atoms with E-state index in [1.807, 2.05) is 20.8 Å². The number of methoxy groups -OCH3 is 1. The Morgan fingerprint density at radius 2 is 1.82 bits per heavy atom. The van der Waals surface area contributed by atoms with E-state index in [1.54, 1.807) is 0 Å². The van der Waals surface area contributed by atoms with E-state index in [1.165, 1.54) is 7.11 Å². The maximum absolute atomic E-state index is 11.9. The number of hydrogen-bond acceptors (Lipinski definition) is 4. The van der Waals surface area contributed by atoms with Gasteiger partial charge in [0.15, 0.2) is 0 Å². The SMILES string of the molecule is COC(=O)[C@H]1CC[C@@H](N[S+]([O-])C(C)(C)C)CC1. The average molecular weight is 261 g/mol. The molecule has 1 fully saturated rings. The van der Waals surface area contributed by atoms with Gasteiger partial charge in [-0.15, -0.1) is 4.72 Å². The summed E-state index contributed by atoms with van der Waals surface area (Å²) in [4.78, 5) is 11.4. The number of carbonyl (C=O) groups excluding carboxylic acids is 1. The minimum Gasteiger partial charge on any atom is -0.598 e. The maximum atomic E-state index is 11.9. The average Bonchev–Trinajstić information content (AvgIpc) is 2.27. The van der Waals surface area contributed by atoms with Crippen molar-refractivity contribution in [2.24, 2.45) is 5.92 Å². The molecule has 1 atom stereocenters. The molecule has 4 nitrogen and oxygen atoms in total. The fraction of sp³-hybridized carbons (Fsp3) is 0.917. The van der Waals surface area contributed by atoms with Gasteiger partial charge >= 0.3 is 5.97 Å². The van der Waals surface area contributed by atoms with E-state index in [0.717, 1.165) is 25.7 Å².